The van der Waals surface area contributed by atoms with Crippen LogP contribution in [-0.2, 0) is 0 Å². The van der Waals surface area contributed by atoms with Crippen LogP contribution in [-0.4, -0.2) is 35.6 Å². The smallest absolute Gasteiger partial charge is 0.0315 e. The van der Waals surface area contributed by atoms with Gasteiger partial charge in [-0.05, 0) is 57.5 Å². The molecule has 106 valence electrons. The number of rotatable bonds is 6. The molecule has 0 bridgehead atoms. The van der Waals surface area contributed by atoms with Crippen LogP contribution in [0.4, 0.5) is 0 Å². The minimum Gasteiger partial charge on any atom is -0.307 e. The second-order valence-corrected chi connectivity index (χ2v) is 5.64. The van der Waals surface area contributed by atoms with Gasteiger partial charge in [0.15, 0.2) is 0 Å². The molecular weight excluding hydrogens is 234 g/mol. The fraction of sp³-hybridized carbons (Fsp3) is 0.688. The Balaban J connectivity index is 1.73. The topological polar surface area (TPSA) is 28.2 Å². The van der Waals surface area contributed by atoms with Crippen LogP contribution < -0.4 is 5.32 Å². The lowest BCUT2D eigenvalue weighted by Gasteiger charge is -2.34. The third-order valence-corrected chi connectivity index (χ3v) is 4.09. The molecule has 2 heterocycles. The minimum atomic E-state index is 0.404. The highest BCUT2D eigenvalue weighted by Crippen LogP contribution is 2.16. The zero-order valence-electron chi connectivity index (χ0n) is 12.3. The average molecular weight is 261 g/mol. The molecule has 1 N–H and O–H groups in total. The second-order valence-electron chi connectivity index (χ2n) is 5.64. The van der Waals surface area contributed by atoms with Crippen molar-refractivity contribution >= 4 is 0 Å². The number of piperidine rings is 1. The van der Waals surface area contributed by atoms with Crippen molar-refractivity contribution < 1.29 is 0 Å². The van der Waals surface area contributed by atoms with E-state index >= 15 is 0 Å². The van der Waals surface area contributed by atoms with Crippen LogP contribution in [0.15, 0.2) is 24.5 Å². The van der Waals surface area contributed by atoms with Crippen molar-refractivity contribution in [1.29, 1.82) is 0 Å². The molecule has 1 aromatic rings. The summed E-state index contributed by atoms with van der Waals surface area (Å²) in [6.07, 6.45) is 8.99. The van der Waals surface area contributed by atoms with Crippen molar-refractivity contribution in [3.63, 3.8) is 0 Å². The van der Waals surface area contributed by atoms with Crippen LogP contribution in [0, 0.1) is 0 Å². The van der Waals surface area contributed by atoms with E-state index in [1.54, 1.807) is 0 Å². The number of aromatic nitrogens is 1. The van der Waals surface area contributed by atoms with E-state index in [9.17, 15) is 0 Å². The van der Waals surface area contributed by atoms with Crippen molar-refractivity contribution in [2.24, 2.45) is 0 Å². The molecule has 19 heavy (non-hydrogen) atoms. The van der Waals surface area contributed by atoms with Crippen molar-refractivity contribution in [3.8, 4) is 0 Å². The summed E-state index contributed by atoms with van der Waals surface area (Å²) in [5.74, 6) is 0. The summed E-state index contributed by atoms with van der Waals surface area (Å²) in [4.78, 5) is 6.80. The molecule has 3 heteroatoms. The first kappa shape index (κ1) is 14.5. The molecule has 3 nitrogen and oxygen atoms in total. The van der Waals surface area contributed by atoms with Crippen molar-refractivity contribution in [3.05, 3.63) is 30.1 Å². The molecular formula is C16H27N3. The van der Waals surface area contributed by atoms with E-state index < -0.39 is 0 Å². The number of hydrogen-bond donors (Lipinski definition) is 1. The maximum absolute atomic E-state index is 4.20. The van der Waals surface area contributed by atoms with Crippen molar-refractivity contribution in [2.75, 3.05) is 19.6 Å². The van der Waals surface area contributed by atoms with Gasteiger partial charge in [0.25, 0.3) is 0 Å². The van der Waals surface area contributed by atoms with E-state index in [0.29, 0.717) is 12.1 Å². The van der Waals surface area contributed by atoms with Crippen LogP contribution >= 0.6 is 0 Å². The molecule has 1 atom stereocenters. The van der Waals surface area contributed by atoms with Gasteiger partial charge in [0.1, 0.15) is 0 Å². The largest absolute Gasteiger partial charge is 0.307 e. The fourth-order valence-electron chi connectivity index (χ4n) is 2.79. The number of nitrogens with zero attached hydrogens (tertiary/aromatic N) is 2. The maximum Gasteiger partial charge on any atom is 0.0315 e. The Labute approximate surface area is 117 Å². The first-order valence-corrected chi connectivity index (χ1v) is 7.68. The summed E-state index contributed by atoms with van der Waals surface area (Å²) in [5, 5.41) is 3.75. The lowest BCUT2D eigenvalue weighted by molar-refractivity contribution is 0.190. The predicted molar refractivity (Wildman–Crippen MR) is 80.2 cm³/mol. The van der Waals surface area contributed by atoms with E-state index in [0.717, 1.165) is 0 Å². The van der Waals surface area contributed by atoms with E-state index in [-0.39, 0.29) is 0 Å². The standard InChI is InChI=1S/C16H27N3/c1-3-4-10-19-11-7-16(8-12-19)18-14(2)15-6-5-9-17-13-15/h5-6,9,13-14,16,18H,3-4,7-8,10-12H2,1-2H3. The molecule has 0 spiro atoms. The van der Waals surface area contributed by atoms with Crippen LogP contribution in [0.3, 0.4) is 0 Å². The molecule has 2 rings (SSSR count). The zero-order chi connectivity index (χ0) is 13.5. The van der Waals surface area contributed by atoms with Crippen molar-refractivity contribution in [2.45, 2.75) is 51.6 Å². The number of unbranched alkanes of at least 4 members (excludes halogenated alkanes) is 1. The normalized spacial score (nSPS) is 19.5. The summed E-state index contributed by atoms with van der Waals surface area (Å²) < 4.78 is 0. The van der Waals surface area contributed by atoms with Gasteiger partial charge in [-0.2, -0.15) is 0 Å². The summed E-state index contributed by atoms with van der Waals surface area (Å²) in [7, 11) is 0. The predicted octanol–water partition coefficient (Wildman–Crippen LogP) is 3.00. The summed E-state index contributed by atoms with van der Waals surface area (Å²) >= 11 is 0. The van der Waals surface area contributed by atoms with Crippen LogP contribution in [0.2, 0.25) is 0 Å². The molecule has 0 aromatic carbocycles. The average Bonchev–Trinajstić information content (AvgIpc) is 2.47. The van der Waals surface area contributed by atoms with Gasteiger partial charge in [-0.15, -0.1) is 0 Å². The van der Waals surface area contributed by atoms with E-state index in [2.05, 4.69) is 35.1 Å². The van der Waals surface area contributed by atoms with Gasteiger partial charge in [0.2, 0.25) is 0 Å². The highest BCUT2D eigenvalue weighted by molar-refractivity contribution is 5.13. The second kappa shape index (κ2) is 7.61. The first-order valence-electron chi connectivity index (χ1n) is 7.68. The third-order valence-electron chi connectivity index (χ3n) is 4.09. The van der Waals surface area contributed by atoms with E-state index in [1.807, 2.05) is 18.5 Å². The van der Waals surface area contributed by atoms with Crippen LogP contribution in [0.5, 0.6) is 0 Å². The highest BCUT2D eigenvalue weighted by Gasteiger charge is 2.20. The third kappa shape index (κ3) is 4.59. The molecule has 1 fully saturated rings. The summed E-state index contributed by atoms with van der Waals surface area (Å²) in [6.45, 7) is 8.28. The van der Waals surface area contributed by atoms with Gasteiger partial charge >= 0.3 is 0 Å². The maximum atomic E-state index is 4.20. The Morgan fingerprint density at radius 3 is 2.84 bits per heavy atom. The lowest BCUT2D eigenvalue weighted by Crippen LogP contribution is -2.43. The molecule has 1 aromatic heterocycles. The SMILES string of the molecule is CCCCN1CCC(NC(C)c2cccnc2)CC1. The zero-order valence-corrected chi connectivity index (χ0v) is 12.3. The molecule has 1 aliphatic heterocycles. The first-order chi connectivity index (χ1) is 9.29. The van der Waals surface area contributed by atoms with Gasteiger partial charge in [0.05, 0.1) is 0 Å². The van der Waals surface area contributed by atoms with Gasteiger partial charge in [-0.3, -0.25) is 4.98 Å². The summed E-state index contributed by atoms with van der Waals surface area (Å²) in [5.41, 5.74) is 1.29. The Bertz CT molecular complexity index is 344. The monoisotopic (exact) mass is 261 g/mol. The number of nitrogens with one attached hydrogen (secondary N) is 1. The van der Waals surface area contributed by atoms with Gasteiger partial charge in [-0.25, -0.2) is 0 Å². The molecule has 0 aliphatic carbocycles. The van der Waals surface area contributed by atoms with Gasteiger partial charge in [-0.1, -0.05) is 19.4 Å². The minimum absolute atomic E-state index is 0.404. The molecule has 1 aliphatic rings. The Kier molecular flexibility index (Phi) is 5.80. The molecule has 1 unspecified atom stereocenters. The lowest BCUT2D eigenvalue weighted by atomic mass is 10.0. The van der Waals surface area contributed by atoms with Gasteiger partial charge in [0, 0.05) is 24.5 Å². The van der Waals surface area contributed by atoms with Gasteiger partial charge < -0.3 is 10.2 Å². The van der Waals surface area contributed by atoms with E-state index in [4.69, 9.17) is 0 Å². The Morgan fingerprint density at radius 2 is 2.21 bits per heavy atom. The summed E-state index contributed by atoms with van der Waals surface area (Å²) in [6, 6.07) is 5.23. The Hall–Kier alpha value is -0.930. The quantitative estimate of drug-likeness (QED) is 0.853. The fourth-order valence-corrected chi connectivity index (χ4v) is 2.79. The number of hydrogen-bond acceptors (Lipinski definition) is 3. The number of likely N-dealkylation sites (tertiary alicyclic amines) is 1. The number of pyridine rings is 1. The van der Waals surface area contributed by atoms with Crippen LogP contribution in [0.1, 0.15) is 51.1 Å². The molecule has 0 saturated carbocycles. The van der Waals surface area contributed by atoms with Crippen molar-refractivity contribution in [1.82, 2.24) is 15.2 Å². The molecule has 0 radical (unpaired) electrons. The Morgan fingerprint density at radius 1 is 1.42 bits per heavy atom. The molecule has 0 amide bonds. The molecule has 1 saturated heterocycles. The highest BCUT2D eigenvalue weighted by atomic mass is 15.1. The van der Waals surface area contributed by atoms with E-state index in [1.165, 1.54) is 50.9 Å². The van der Waals surface area contributed by atoms with Crippen LogP contribution in [0.25, 0.3) is 0 Å².